The van der Waals surface area contributed by atoms with Crippen LogP contribution >= 0.6 is 0 Å². The van der Waals surface area contributed by atoms with Gasteiger partial charge in [-0.25, -0.2) is 0 Å². The number of carbonyl (C=O) groups is 1. The summed E-state index contributed by atoms with van der Waals surface area (Å²) in [6, 6.07) is 1.75. The number of nitrogens with two attached hydrogens (primary N) is 1. The van der Waals surface area contributed by atoms with Gasteiger partial charge in [0.2, 0.25) is 0 Å². The highest BCUT2D eigenvalue weighted by Gasteiger charge is 2.28. The highest BCUT2D eigenvalue weighted by molar-refractivity contribution is 5.92. The topological polar surface area (TPSA) is 81.6 Å². The number of hydrogen-bond acceptors (Lipinski definition) is 5. The van der Waals surface area contributed by atoms with Crippen molar-refractivity contribution in [2.24, 2.45) is 5.73 Å². The van der Waals surface area contributed by atoms with Crippen LogP contribution in [0.4, 0.5) is 0 Å². The fraction of sp³-hybridized carbons (Fsp3) is 0.667. The first-order chi connectivity index (χ1) is 8.76. The Labute approximate surface area is 106 Å². The normalized spacial score (nSPS) is 20.1. The van der Waals surface area contributed by atoms with Crippen LogP contribution in [-0.2, 0) is 11.3 Å². The Kier molecular flexibility index (Phi) is 4.33. The largest absolute Gasteiger partial charge is 0.377 e. The van der Waals surface area contributed by atoms with Gasteiger partial charge >= 0.3 is 0 Å². The first-order valence-electron chi connectivity index (χ1n) is 6.22. The molecule has 1 atom stereocenters. The Morgan fingerprint density at radius 1 is 1.67 bits per heavy atom. The number of hydrogen-bond donors (Lipinski definition) is 1. The number of ether oxygens (including phenoxy) is 1. The van der Waals surface area contributed by atoms with Gasteiger partial charge in [0.15, 0.2) is 11.5 Å². The molecule has 6 nitrogen and oxygen atoms in total. The Bertz CT molecular complexity index is 405. The van der Waals surface area contributed by atoms with Gasteiger partial charge in [-0.3, -0.25) is 4.79 Å². The van der Waals surface area contributed by atoms with Crippen molar-refractivity contribution in [1.29, 1.82) is 0 Å². The van der Waals surface area contributed by atoms with Crippen LogP contribution in [0.25, 0.3) is 0 Å². The summed E-state index contributed by atoms with van der Waals surface area (Å²) in [5.74, 6) is 0.457. The Hall–Kier alpha value is -1.40. The van der Waals surface area contributed by atoms with Crippen molar-refractivity contribution in [3.05, 3.63) is 17.5 Å². The Balaban J connectivity index is 2.08. The molecule has 1 aliphatic rings. The summed E-state index contributed by atoms with van der Waals surface area (Å²) in [4.78, 5) is 14.1. The molecule has 100 valence electrons. The maximum atomic E-state index is 12.3. The molecule has 0 bridgehead atoms. The summed E-state index contributed by atoms with van der Waals surface area (Å²) in [6.45, 7) is 1.56. The molecule has 6 heteroatoms. The summed E-state index contributed by atoms with van der Waals surface area (Å²) < 4.78 is 9.96. The molecule has 2 N–H and O–H groups in total. The van der Waals surface area contributed by atoms with E-state index in [0.717, 1.165) is 25.8 Å². The van der Waals surface area contributed by atoms with E-state index in [1.807, 2.05) is 0 Å². The van der Waals surface area contributed by atoms with E-state index in [0.29, 0.717) is 24.6 Å². The summed E-state index contributed by atoms with van der Waals surface area (Å²) in [5, 5.41) is 3.79. The molecule has 2 rings (SSSR count). The van der Waals surface area contributed by atoms with Gasteiger partial charge in [0.1, 0.15) is 6.61 Å². The van der Waals surface area contributed by atoms with Crippen molar-refractivity contribution in [2.75, 3.05) is 20.2 Å². The highest BCUT2D eigenvalue weighted by Crippen LogP contribution is 2.19. The fourth-order valence-electron chi connectivity index (χ4n) is 2.28. The molecule has 1 unspecified atom stereocenters. The zero-order valence-corrected chi connectivity index (χ0v) is 10.6. The third-order valence-electron chi connectivity index (χ3n) is 3.22. The highest BCUT2D eigenvalue weighted by atomic mass is 16.5. The first kappa shape index (κ1) is 13.0. The minimum Gasteiger partial charge on any atom is -0.377 e. The van der Waals surface area contributed by atoms with E-state index >= 15 is 0 Å². The standard InChI is InChI=1S/C12H19N3O3/c1-17-8-10-6-11(14-18-10)12(16)15-5-3-2-4-9(15)7-13/h6,9H,2-5,7-8,13H2,1H3. The predicted molar refractivity (Wildman–Crippen MR) is 64.9 cm³/mol. The van der Waals surface area contributed by atoms with E-state index in [-0.39, 0.29) is 11.9 Å². The van der Waals surface area contributed by atoms with Crippen LogP contribution in [0.3, 0.4) is 0 Å². The number of aromatic nitrogens is 1. The number of likely N-dealkylation sites (tertiary alicyclic amines) is 1. The van der Waals surface area contributed by atoms with Gasteiger partial charge in [-0.15, -0.1) is 0 Å². The fourth-order valence-corrected chi connectivity index (χ4v) is 2.28. The van der Waals surface area contributed by atoms with Crippen molar-refractivity contribution >= 4 is 5.91 Å². The van der Waals surface area contributed by atoms with Crippen LogP contribution in [0.1, 0.15) is 35.5 Å². The molecule has 1 aliphatic heterocycles. The Morgan fingerprint density at radius 3 is 3.22 bits per heavy atom. The molecule has 0 saturated carbocycles. The van der Waals surface area contributed by atoms with E-state index in [4.69, 9.17) is 15.0 Å². The monoisotopic (exact) mass is 253 g/mol. The predicted octanol–water partition coefficient (Wildman–Crippen LogP) is 0.774. The molecule has 2 heterocycles. The van der Waals surface area contributed by atoms with Crippen molar-refractivity contribution in [2.45, 2.75) is 31.9 Å². The van der Waals surface area contributed by atoms with Crippen molar-refractivity contribution < 1.29 is 14.1 Å². The number of carbonyl (C=O) groups excluding carboxylic acids is 1. The number of amides is 1. The smallest absolute Gasteiger partial charge is 0.276 e. The second-order valence-corrected chi connectivity index (χ2v) is 4.50. The average molecular weight is 253 g/mol. The minimum absolute atomic E-state index is 0.101. The zero-order valence-electron chi connectivity index (χ0n) is 10.6. The molecular formula is C12H19N3O3. The zero-order chi connectivity index (χ0) is 13.0. The molecule has 0 aromatic carbocycles. The molecule has 1 aromatic rings. The van der Waals surface area contributed by atoms with Gasteiger partial charge in [-0.2, -0.15) is 0 Å². The van der Waals surface area contributed by atoms with Crippen LogP contribution < -0.4 is 5.73 Å². The summed E-state index contributed by atoms with van der Waals surface area (Å²) >= 11 is 0. The summed E-state index contributed by atoms with van der Waals surface area (Å²) in [6.07, 6.45) is 3.11. The third-order valence-corrected chi connectivity index (χ3v) is 3.22. The number of rotatable bonds is 4. The van der Waals surface area contributed by atoms with Gasteiger partial charge in [-0.1, -0.05) is 5.16 Å². The van der Waals surface area contributed by atoms with Crippen LogP contribution in [0, 0.1) is 0 Å². The lowest BCUT2D eigenvalue weighted by Gasteiger charge is -2.34. The molecule has 1 amide bonds. The molecule has 1 saturated heterocycles. The Morgan fingerprint density at radius 2 is 2.50 bits per heavy atom. The lowest BCUT2D eigenvalue weighted by Crippen LogP contribution is -2.47. The number of methoxy groups -OCH3 is 1. The molecule has 1 aromatic heterocycles. The second kappa shape index (κ2) is 5.97. The SMILES string of the molecule is COCc1cc(C(=O)N2CCCCC2CN)no1. The maximum absolute atomic E-state index is 12.3. The van der Waals surface area contributed by atoms with Crippen LogP contribution in [0.15, 0.2) is 10.6 Å². The van der Waals surface area contributed by atoms with Crippen molar-refractivity contribution in [1.82, 2.24) is 10.1 Å². The average Bonchev–Trinajstić information content (AvgIpc) is 2.87. The number of piperidine rings is 1. The van der Waals surface area contributed by atoms with Crippen LogP contribution in [0.5, 0.6) is 0 Å². The van der Waals surface area contributed by atoms with E-state index < -0.39 is 0 Å². The minimum atomic E-state index is -0.101. The summed E-state index contributed by atoms with van der Waals surface area (Å²) in [5.41, 5.74) is 6.04. The van der Waals surface area contributed by atoms with Crippen molar-refractivity contribution in [3.63, 3.8) is 0 Å². The molecule has 0 aliphatic carbocycles. The third kappa shape index (κ3) is 2.70. The lowest BCUT2D eigenvalue weighted by molar-refractivity contribution is 0.0612. The van der Waals surface area contributed by atoms with Gasteiger partial charge in [0.25, 0.3) is 5.91 Å². The van der Waals surface area contributed by atoms with Crippen LogP contribution in [0.2, 0.25) is 0 Å². The van der Waals surface area contributed by atoms with Crippen molar-refractivity contribution in [3.8, 4) is 0 Å². The van der Waals surface area contributed by atoms with E-state index in [1.54, 1.807) is 18.1 Å². The first-order valence-corrected chi connectivity index (χ1v) is 6.22. The maximum Gasteiger partial charge on any atom is 0.276 e. The van der Waals surface area contributed by atoms with Gasteiger partial charge < -0.3 is 19.9 Å². The van der Waals surface area contributed by atoms with Crippen LogP contribution in [-0.4, -0.2) is 42.2 Å². The number of nitrogens with zero attached hydrogens (tertiary/aromatic N) is 2. The molecule has 0 radical (unpaired) electrons. The molecule has 18 heavy (non-hydrogen) atoms. The van der Waals surface area contributed by atoms with E-state index in [2.05, 4.69) is 5.16 Å². The quantitative estimate of drug-likeness (QED) is 0.857. The van der Waals surface area contributed by atoms with Gasteiger partial charge in [-0.05, 0) is 19.3 Å². The van der Waals surface area contributed by atoms with Gasteiger partial charge in [0.05, 0.1) is 0 Å². The van der Waals surface area contributed by atoms with E-state index in [9.17, 15) is 4.79 Å². The lowest BCUT2D eigenvalue weighted by atomic mass is 10.0. The second-order valence-electron chi connectivity index (χ2n) is 4.50. The molecular weight excluding hydrogens is 234 g/mol. The summed E-state index contributed by atoms with van der Waals surface area (Å²) in [7, 11) is 1.57. The van der Waals surface area contributed by atoms with Gasteiger partial charge in [0, 0.05) is 32.3 Å². The molecule has 1 fully saturated rings. The van der Waals surface area contributed by atoms with E-state index in [1.165, 1.54) is 0 Å². The molecule has 0 spiro atoms.